The fourth-order valence-electron chi connectivity index (χ4n) is 1.83. The topological polar surface area (TPSA) is 20.2 Å². The van der Waals surface area contributed by atoms with Gasteiger partial charge in [0.05, 0.1) is 5.56 Å². The zero-order valence-electron chi connectivity index (χ0n) is 10.3. The molecule has 0 amide bonds. The van der Waals surface area contributed by atoms with E-state index in [2.05, 4.69) is 15.9 Å². The monoisotopic (exact) mass is 382 g/mol. The van der Waals surface area contributed by atoms with Crippen molar-refractivity contribution in [2.75, 3.05) is 0 Å². The van der Waals surface area contributed by atoms with Gasteiger partial charge in [-0.2, -0.15) is 13.2 Å². The third-order valence-corrected chi connectivity index (χ3v) is 3.79. The van der Waals surface area contributed by atoms with Gasteiger partial charge in [-0.3, -0.25) is 0 Å². The van der Waals surface area contributed by atoms with Crippen LogP contribution in [0.5, 0.6) is 0 Å². The minimum absolute atomic E-state index is 0.0172. The summed E-state index contributed by atoms with van der Waals surface area (Å²) in [5.41, 5.74) is -0.976. The number of hydrogen-bond acceptors (Lipinski definition) is 1. The van der Waals surface area contributed by atoms with Crippen LogP contribution in [0.4, 0.5) is 17.6 Å². The van der Waals surface area contributed by atoms with Crippen LogP contribution in [-0.4, -0.2) is 5.11 Å². The van der Waals surface area contributed by atoms with Crippen molar-refractivity contribution in [3.8, 4) is 0 Å². The quantitative estimate of drug-likeness (QED) is 0.694. The van der Waals surface area contributed by atoms with Crippen molar-refractivity contribution >= 4 is 27.5 Å². The van der Waals surface area contributed by atoms with Crippen molar-refractivity contribution in [3.05, 3.63) is 68.4 Å². The second-order valence-corrected chi connectivity index (χ2v) is 5.60. The van der Waals surface area contributed by atoms with E-state index in [0.29, 0.717) is 27.2 Å². The van der Waals surface area contributed by atoms with Gasteiger partial charge in [-0.15, -0.1) is 0 Å². The maximum absolute atomic E-state index is 13.5. The van der Waals surface area contributed by atoms with E-state index in [1.807, 2.05) is 0 Å². The molecule has 2 aromatic rings. The normalized spacial score (nSPS) is 13.3. The Morgan fingerprint density at radius 1 is 1.10 bits per heavy atom. The van der Waals surface area contributed by atoms with E-state index in [0.717, 1.165) is 6.07 Å². The van der Waals surface area contributed by atoms with E-state index in [4.69, 9.17) is 11.6 Å². The third kappa shape index (κ3) is 3.56. The van der Waals surface area contributed by atoms with Gasteiger partial charge in [-0.05, 0) is 35.4 Å². The van der Waals surface area contributed by atoms with Gasteiger partial charge in [-0.1, -0.05) is 39.7 Å². The summed E-state index contributed by atoms with van der Waals surface area (Å²) in [5.74, 6) is -1.43. The van der Waals surface area contributed by atoms with Crippen LogP contribution in [0.25, 0.3) is 0 Å². The molecule has 0 aliphatic heterocycles. The summed E-state index contributed by atoms with van der Waals surface area (Å²) >= 11 is 8.96. The highest BCUT2D eigenvalue weighted by molar-refractivity contribution is 9.10. The average Bonchev–Trinajstić information content (AvgIpc) is 2.36. The van der Waals surface area contributed by atoms with Gasteiger partial charge in [-0.25, -0.2) is 4.39 Å². The summed E-state index contributed by atoms with van der Waals surface area (Å²) < 4.78 is 51.5. The van der Waals surface area contributed by atoms with Crippen LogP contribution in [0.2, 0.25) is 5.02 Å². The first kappa shape index (κ1) is 16.3. The maximum atomic E-state index is 13.5. The lowest BCUT2D eigenvalue weighted by molar-refractivity contribution is -0.140. The van der Waals surface area contributed by atoms with Gasteiger partial charge in [0.1, 0.15) is 11.9 Å². The lowest BCUT2D eigenvalue weighted by Crippen LogP contribution is -2.09. The molecule has 21 heavy (non-hydrogen) atoms. The van der Waals surface area contributed by atoms with Crippen LogP contribution in [0, 0.1) is 5.82 Å². The Labute approximate surface area is 131 Å². The molecule has 0 bridgehead atoms. The number of halogens is 6. The highest BCUT2D eigenvalue weighted by atomic mass is 79.9. The lowest BCUT2D eigenvalue weighted by atomic mass is 10.00. The molecule has 2 aromatic carbocycles. The summed E-state index contributed by atoms with van der Waals surface area (Å²) in [4.78, 5) is 0. The van der Waals surface area contributed by atoms with E-state index in [9.17, 15) is 22.7 Å². The Kier molecular flexibility index (Phi) is 4.60. The Balaban J connectivity index is 2.40. The van der Waals surface area contributed by atoms with Crippen LogP contribution >= 0.6 is 27.5 Å². The van der Waals surface area contributed by atoms with E-state index >= 15 is 0 Å². The van der Waals surface area contributed by atoms with Crippen LogP contribution in [0.15, 0.2) is 40.9 Å². The lowest BCUT2D eigenvalue weighted by Gasteiger charge is -2.15. The molecule has 0 saturated carbocycles. The van der Waals surface area contributed by atoms with Gasteiger partial charge in [0, 0.05) is 9.50 Å². The Bertz CT molecular complexity index is 673. The van der Waals surface area contributed by atoms with E-state index in [1.54, 1.807) is 0 Å². The summed E-state index contributed by atoms with van der Waals surface area (Å²) in [6.07, 6.45) is -6.04. The molecule has 112 valence electrons. The summed E-state index contributed by atoms with van der Waals surface area (Å²) in [7, 11) is 0. The number of aliphatic hydroxyl groups excluding tert-OH is 1. The number of alkyl halides is 3. The van der Waals surface area contributed by atoms with Crippen molar-refractivity contribution in [1.82, 2.24) is 0 Å². The van der Waals surface area contributed by atoms with Crippen LogP contribution in [0.3, 0.4) is 0 Å². The van der Waals surface area contributed by atoms with E-state index < -0.39 is 23.7 Å². The molecule has 0 fully saturated rings. The van der Waals surface area contributed by atoms with Crippen LogP contribution in [-0.2, 0) is 6.18 Å². The van der Waals surface area contributed by atoms with Crippen LogP contribution in [0.1, 0.15) is 22.8 Å². The van der Waals surface area contributed by atoms with Crippen LogP contribution < -0.4 is 0 Å². The van der Waals surface area contributed by atoms with Crippen molar-refractivity contribution < 1.29 is 22.7 Å². The zero-order valence-corrected chi connectivity index (χ0v) is 12.6. The van der Waals surface area contributed by atoms with Crippen molar-refractivity contribution in [1.29, 1.82) is 0 Å². The van der Waals surface area contributed by atoms with Gasteiger partial charge in [0.25, 0.3) is 0 Å². The third-order valence-electron chi connectivity index (χ3n) is 2.87. The number of rotatable bonds is 2. The minimum atomic E-state index is -4.77. The SMILES string of the molecule is OC(c1ccc(C(F)(F)F)c(F)c1)c1ccc(Cl)cc1Br. The second kappa shape index (κ2) is 5.94. The first-order valence-electron chi connectivity index (χ1n) is 5.70. The molecule has 1 N–H and O–H groups in total. The Hall–Kier alpha value is -1.11. The zero-order chi connectivity index (χ0) is 15.8. The molecule has 1 atom stereocenters. The maximum Gasteiger partial charge on any atom is 0.419 e. The molecule has 0 spiro atoms. The Morgan fingerprint density at radius 2 is 1.76 bits per heavy atom. The summed E-state index contributed by atoms with van der Waals surface area (Å²) in [5, 5.41) is 10.6. The van der Waals surface area contributed by atoms with E-state index in [-0.39, 0.29) is 5.56 Å². The molecule has 0 aliphatic rings. The molecule has 0 radical (unpaired) electrons. The minimum Gasteiger partial charge on any atom is -0.384 e. The molecular weight excluding hydrogens is 376 g/mol. The van der Waals surface area contributed by atoms with Crippen molar-refractivity contribution in [2.45, 2.75) is 12.3 Å². The molecule has 1 unspecified atom stereocenters. The Morgan fingerprint density at radius 3 is 2.29 bits per heavy atom. The highest BCUT2D eigenvalue weighted by Crippen LogP contribution is 2.35. The molecule has 0 heterocycles. The number of benzene rings is 2. The fourth-order valence-corrected chi connectivity index (χ4v) is 2.73. The standard InChI is InChI=1S/C14H8BrClF4O/c15-11-6-8(16)2-3-9(11)13(21)7-1-4-10(12(17)5-7)14(18,19)20/h1-6,13,21H. The molecule has 0 aromatic heterocycles. The van der Waals surface area contributed by atoms with Gasteiger partial charge in [0.15, 0.2) is 0 Å². The summed E-state index contributed by atoms with van der Waals surface area (Å²) in [6.45, 7) is 0. The van der Waals surface area contributed by atoms with Gasteiger partial charge >= 0.3 is 6.18 Å². The summed E-state index contributed by atoms with van der Waals surface area (Å²) in [6, 6.07) is 6.88. The van der Waals surface area contributed by atoms with Crippen molar-refractivity contribution in [3.63, 3.8) is 0 Å². The molecule has 2 rings (SSSR count). The van der Waals surface area contributed by atoms with E-state index in [1.165, 1.54) is 18.2 Å². The smallest absolute Gasteiger partial charge is 0.384 e. The molecule has 1 nitrogen and oxygen atoms in total. The first-order valence-corrected chi connectivity index (χ1v) is 6.87. The van der Waals surface area contributed by atoms with Gasteiger partial charge in [0.2, 0.25) is 0 Å². The largest absolute Gasteiger partial charge is 0.419 e. The fraction of sp³-hybridized carbons (Fsp3) is 0.143. The number of aliphatic hydroxyl groups is 1. The predicted molar refractivity (Wildman–Crippen MR) is 74.6 cm³/mol. The van der Waals surface area contributed by atoms with Crippen molar-refractivity contribution in [2.24, 2.45) is 0 Å². The number of hydrogen-bond donors (Lipinski definition) is 1. The molecular formula is C14H8BrClF4O. The molecule has 7 heteroatoms. The first-order chi connectivity index (χ1) is 9.70. The van der Waals surface area contributed by atoms with Gasteiger partial charge < -0.3 is 5.11 Å². The molecule has 0 saturated heterocycles. The highest BCUT2D eigenvalue weighted by Gasteiger charge is 2.34. The second-order valence-electron chi connectivity index (χ2n) is 4.31. The average molecular weight is 384 g/mol. The predicted octanol–water partition coefficient (Wildman–Crippen LogP) is 5.34. The molecule has 0 aliphatic carbocycles.